The van der Waals surface area contributed by atoms with Gasteiger partial charge in [0.05, 0.1) is 0 Å². The highest BCUT2D eigenvalue weighted by molar-refractivity contribution is 5.76. The number of allylic oxidation sites excluding steroid dienone is 1. The first-order valence-electron chi connectivity index (χ1n) is 7.76. The summed E-state index contributed by atoms with van der Waals surface area (Å²) in [6.45, 7) is 8.28. The summed E-state index contributed by atoms with van der Waals surface area (Å²) in [4.78, 5) is 0. The van der Waals surface area contributed by atoms with Gasteiger partial charge in [-0.1, -0.05) is 71.1 Å². The molecular weight excluding hydrogens is 230 g/mol. The largest absolute Gasteiger partial charge is 0.398 e. The molecule has 1 heteroatoms. The van der Waals surface area contributed by atoms with Crippen molar-refractivity contribution in [2.45, 2.75) is 65.2 Å². The molecule has 2 N–H and O–H groups in total. The number of aryl methyl sites for hydroxylation is 1. The predicted octanol–water partition coefficient (Wildman–Crippen LogP) is 5.60. The molecule has 1 aromatic rings. The molecule has 0 bridgehead atoms. The van der Waals surface area contributed by atoms with Crippen LogP contribution < -0.4 is 5.73 Å². The van der Waals surface area contributed by atoms with E-state index in [9.17, 15) is 0 Å². The van der Waals surface area contributed by atoms with Gasteiger partial charge in [-0.25, -0.2) is 0 Å². The minimum Gasteiger partial charge on any atom is -0.398 e. The van der Waals surface area contributed by atoms with Crippen LogP contribution in [0.25, 0.3) is 5.57 Å². The van der Waals surface area contributed by atoms with Gasteiger partial charge in [0.15, 0.2) is 0 Å². The Balaban J connectivity index is 0.000000250. The van der Waals surface area contributed by atoms with Crippen LogP contribution in [0.3, 0.4) is 0 Å². The van der Waals surface area contributed by atoms with Crippen LogP contribution in [-0.2, 0) is 6.42 Å². The molecule has 0 saturated heterocycles. The maximum atomic E-state index is 5.91. The van der Waals surface area contributed by atoms with Crippen molar-refractivity contribution in [3.05, 3.63) is 35.9 Å². The van der Waals surface area contributed by atoms with E-state index in [1.54, 1.807) is 0 Å². The van der Waals surface area contributed by atoms with Crippen molar-refractivity contribution in [2.75, 3.05) is 5.73 Å². The molecule has 0 aromatic heterocycles. The van der Waals surface area contributed by atoms with E-state index >= 15 is 0 Å². The Hall–Kier alpha value is -1.24. The fourth-order valence-electron chi connectivity index (χ4n) is 2.58. The lowest BCUT2D eigenvalue weighted by Crippen LogP contribution is -1.97. The van der Waals surface area contributed by atoms with Gasteiger partial charge in [-0.2, -0.15) is 0 Å². The van der Waals surface area contributed by atoms with Crippen LogP contribution in [0.2, 0.25) is 0 Å². The fraction of sp³-hybridized carbons (Fsp3) is 0.556. The number of nitrogen functional groups attached to an aromatic ring is 1. The van der Waals surface area contributed by atoms with Crippen LogP contribution in [0.1, 0.15) is 69.9 Å². The van der Waals surface area contributed by atoms with Gasteiger partial charge in [-0.3, -0.25) is 0 Å². The molecule has 106 valence electrons. The standard InChI is InChI=1S/C12H17N.C6H12/c1-4-9(3)12-10(5-2)7-6-8-11(12)13;1-2-4-6-5-3-1/h6-8H,3-5,13H2,1-2H3;1-6H2. The van der Waals surface area contributed by atoms with Crippen LogP contribution in [0, 0.1) is 0 Å². The Morgan fingerprint density at radius 2 is 1.58 bits per heavy atom. The number of rotatable bonds is 3. The van der Waals surface area contributed by atoms with Crippen LogP contribution in [0.5, 0.6) is 0 Å². The molecule has 0 radical (unpaired) electrons. The van der Waals surface area contributed by atoms with Crippen molar-refractivity contribution in [1.29, 1.82) is 0 Å². The first-order valence-corrected chi connectivity index (χ1v) is 7.76. The van der Waals surface area contributed by atoms with E-state index in [1.165, 1.54) is 44.1 Å². The summed E-state index contributed by atoms with van der Waals surface area (Å²) in [5.74, 6) is 0. The molecule has 0 aliphatic heterocycles. The Bertz CT molecular complexity index is 377. The summed E-state index contributed by atoms with van der Waals surface area (Å²) in [5, 5.41) is 0. The third kappa shape index (κ3) is 5.10. The number of anilines is 1. The lowest BCUT2D eigenvalue weighted by Gasteiger charge is -2.11. The second kappa shape index (κ2) is 8.79. The van der Waals surface area contributed by atoms with E-state index in [-0.39, 0.29) is 0 Å². The second-order valence-electron chi connectivity index (χ2n) is 5.31. The van der Waals surface area contributed by atoms with Crippen LogP contribution in [0.4, 0.5) is 5.69 Å². The zero-order valence-corrected chi connectivity index (χ0v) is 12.7. The van der Waals surface area contributed by atoms with E-state index < -0.39 is 0 Å². The van der Waals surface area contributed by atoms with Crippen molar-refractivity contribution in [3.8, 4) is 0 Å². The van der Waals surface area contributed by atoms with Crippen LogP contribution in [-0.4, -0.2) is 0 Å². The van der Waals surface area contributed by atoms with Gasteiger partial charge in [-0.15, -0.1) is 0 Å². The first kappa shape index (κ1) is 15.8. The highest BCUT2D eigenvalue weighted by Gasteiger charge is 2.06. The number of hydrogen-bond donors (Lipinski definition) is 1. The normalized spacial score (nSPS) is 14.4. The van der Waals surface area contributed by atoms with E-state index in [0.29, 0.717) is 0 Å². The zero-order chi connectivity index (χ0) is 14.1. The topological polar surface area (TPSA) is 26.0 Å². The van der Waals surface area contributed by atoms with E-state index in [4.69, 9.17) is 5.73 Å². The molecule has 2 rings (SSSR count). The van der Waals surface area contributed by atoms with E-state index in [0.717, 1.165) is 29.7 Å². The van der Waals surface area contributed by atoms with Crippen molar-refractivity contribution < 1.29 is 0 Å². The molecular formula is C18H29N. The Morgan fingerprint density at radius 1 is 1.05 bits per heavy atom. The maximum absolute atomic E-state index is 5.91. The average Bonchev–Trinajstić information content (AvgIpc) is 2.48. The molecule has 0 atom stereocenters. The second-order valence-corrected chi connectivity index (χ2v) is 5.31. The molecule has 1 fully saturated rings. The molecule has 1 saturated carbocycles. The lowest BCUT2D eigenvalue weighted by molar-refractivity contribution is 0.504. The summed E-state index contributed by atoms with van der Waals surface area (Å²) in [6, 6.07) is 6.06. The fourth-order valence-corrected chi connectivity index (χ4v) is 2.58. The van der Waals surface area contributed by atoms with Crippen molar-refractivity contribution >= 4 is 11.3 Å². The molecule has 0 heterocycles. The van der Waals surface area contributed by atoms with E-state index in [1.807, 2.05) is 12.1 Å². The highest BCUT2D eigenvalue weighted by Crippen LogP contribution is 2.26. The van der Waals surface area contributed by atoms with Crippen LogP contribution in [0.15, 0.2) is 24.8 Å². The summed E-state index contributed by atoms with van der Waals surface area (Å²) >= 11 is 0. The lowest BCUT2D eigenvalue weighted by atomic mass is 9.96. The van der Waals surface area contributed by atoms with Crippen molar-refractivity contribution in [3.63, 3.8) is 0 Å². The van der Waals surface area contributed by atoms with Gasteiger partial charge in [0.25, 0.3) is 0 Å². The Morgan fingerprint density at radius 3 is 2.00 bits per heavy atom. The quantitative estimate of drug-likeness (QED) is 0.703. The first-order chi connectivity index (χ1) is 9.20. The molecule has 1 aliphatic rings. The van der Waals surface area contributed by atoms with Gasteiger partial charge < -0.3 is 5.73 Å². The average molecular weight is 259 g/mol. The Kier molecular flexibility index (Phi) is 7.32. The molecule has 1 nitrogen and oxygen atoms in total. The summed E-state index contributed by atoms with van der Waals surface area (Å²) in [5.41, 5.74) is 10.4. The van der Waals surface area contributed by atoms with Gasteiger partial charge in [0.1, 0.15) is 0 Å². The summed E-state index contributed by atoms with van der Waals surface area (Å²) < 4.78 is 0. The molecule has 1 aliphatic carbocycles. The maximum Gasteiger partial charge on any atom is 0.0393 e. The molecule has 0 amide bonds. The van der Waals surface area contributed by atoms with Crippen LogP contribution >= 0.6 is 0 Å². The highest BCUT2D eigenvalue weighted by atomic mass is 14.6. The van der Waals surface area contributed by atoms with Gasteiger partial charge in [0, 0.05) is 11.3 Å². The van der Waals surface area contributed by atoms with Crippen molar-refractivity contribution in [2.24, 2.45) is 0 Å². The van der Waals surface area contributed by atoms with Gasteiger partial charge >= 0.3 is 0 Å². The molecule has 0 spiro atoms. The molecule has 1 aromatic carbocycles. The van der Waals surface area contributed by atoms with Gasteiger partial charge in [-0.05, 0) is 30.0 Å². The predicted molar refractivity (Wildman–Crippen MR) is 87.3 cm³/mol. The minimum absolute atomic E-state index is 0.853. The summed E-state index contributed by atoms with van der Waals surface area (Å²) in [7, 11) is 0. The molecule has 19 heavy (non-hydrogen) atoms. The number of benzene rings is 1. The number of hydrogen-bond acceptors (Lipinski definition) is 1. The van der Waals surface area contributed by atoms with E-state index in [2.05, 4.69) is 26.5 Å². The monoisotopic (exact) mass is 259 g/mol. The smallest absolute Gasteiger partial charge is 0.0393 e. The number of nitrogens with two attached hydrogens (primary N) is 1. The third-order valence-electron chi connectivity index (χ3n) is 3.84. The summed E-state index contributed by atoms with van der Waals surface area (Å²) in [6.07, 6.45) is 11.0. The SMILES string of the molecule is C1CCCCC1.C=C(CC)c1c(N)cccc1CC. The van der Waals surface area contributed by atoms with Crippen molar-refractivity contribution in [1.82, 2.24) is 0 Å². The minimum atomic E-state index is 0.853. The molecule has 0 unspecified atom stereocenters. The Labute approximate surface area is 118 Å². The third-order valence-corrected chi connectivity index (χ3v) is 3.84. The zero-order valence-electron chi connectivity index (χ0n) is 12.7. The van der Waals surface area contributed by atoms with Gasteiger partial charge in [0.2, 0.25) is 0 Å².